The van der Waals surface area contributed by atoms with Gasteiger partial charge in [-0.1, -0.05) is 51.1 Å². The van der Waals surface area contributed by atoms with E-state index < -0.39 is 23.1 Å². The molecule has 3 rings (SSSR count). The van der Waals surface area contributed by atoms with Crippen LogP contribution in [0.5, 0.6) is 0 Å². The summed E-state index contributed by atoms with van der Waals surface area (Å²) in [4.78, 5) is 14.3. The molecule has 148 valence electrons. The zero-order chi connectivity index (χ0) is 20.9. The molecule has 0 saturated carbocycles. The average Bonchev–Trinajstić information content (AvgIpc) is 2.59. The van der Waals surface area contributed by atoms with Crippen molar-refractivity contribution in [1.82, 2.24) is 10.2 Å². The van der Waals surface area contributed by atoms with Crippen LogP contribution in [0.25, 0.3) is 0 Å². The van der Waals surface area contributed by atoms with Gasteiger partial charge in [-0.2, -0.15) is 0 Å². The minimum atomic E-state index is -1.23. The normalized spacial score (nSPS) is 23.0. The number of benzene rings is 2. The van der Waals surface area contributed by atoms with Crippen molar-refractivity contribution in [2.75, 3.05) is 7.05 Å². The molecule has 1 aliphatic heterocycles. The number of guanidine groups is 1. The monoisotopic (exact) mass is 385 g/mol. The van der Waals surface area contributed by atoms with E-state index in [0.29, 0.717) is 5.56 Å². The number of rotatable bonds is 2. The van der Waals surface area contributed by atoms with E-state index in [1.165, 1.54) is 18.0 Å². The second kappa shape index (κ2) is 6.69. The summed E-state index contributed by atoms with van der Waals surface area (Å²) >= 11 is 0. The lowest BCUT2D eigenvalue weighted by molar-refractivity contribution is -0.131. The summed E-state index contributed by atoms with van der Waals surface area (Å²) in [5.74, 6) is -2.67. The molecule has 0 spiro atoms. The highest BCUT2D eigenvalue weighted by Gasteiger charge is 2.49. The summed E-state index contributed by atoms with van der Waals surface area (Å²) in [7, 11) is 1.51. The third-order valence-electron chi connectivity index (χ3n) is 5.47. The third kappa shape index (κ3) is 3.28. The molecule has 2 aromatic rings. The Morgan fingerprint density at radius 1 is 1.11 bits per heavy atom. The topological polar surface area (TPSA) is 56.2 Å². The van der Waals surface area contributed by atoms with Crippen molar-refractivity contribution in [2.24, 2.45) is 0 Å². The summed E-state index contributed by atoms with van der Waals surface area (Å²) in [5.41, 5.74) is 0.685. The molecule has 0 unspecified atom stereocenters. The second-order valence-corrected chi connectivity index (χ2v) is 8.50. The number of halogens is 2. The second-order valence-electron chi connectivity index (χ2n) is 8.50. The molecule has 1 heterocycles. The van der Waals surface area contributed by atoms with E-state index >= 15 is 0 Å². The van der Waals surface area contributed by atoms with E-state index in [1.807, 2.05) is 24.3 Å². The van der Waals surface area contributed by atoms with Crippen molar-refractivity contribution in [2.45, 2.75) is 44.6 Å². The Hall–Kier alpha value is -2.76. The van der Waals surface area contributed by atoms with Gasteiger partial charge in [0, 0.05) is 18.7 Å². The fraction of sp³-hybridized carbons (Fsp3) is 0.364. The van der Waals surface area contributed by atoms with Crippen LogP contribution < -0.4 is 5.32 Å². The highest BCUT2D eigenvalue weighted by molar-refractivity contribution is 6.02. The van der Waals surface area contributed by atoms with Gasteiger partial charge >= 0.3 is 0 Å². The first-order valence-corrected chi connectivity index (χ1v) is 9.15. The molecule has 6 heteroatoms. The number of amides is 1. The number of carbonyl (C=O) groups excluding carboxylic acids is 1. The standard InChI is InChI=1S/C22H25F2N3O/c1-21(2,3)14-8-6-13(7-9-14)18-19(28)27(5)20(25)26-22(18,4)16-11-10-15(23)12-17(16)24/h6-12,18H,1-5H3,(H2,25,26)/t18-,22-/m1/s1. The quantitative estimate of drug-likeness (QED) is 0.812. The van der Waals surface area contributed by atoms with E-state index in [0.717, 1.165) is 17.7 Å². The van der Waals surface area contributed by atoms with E-state index in [4.69, 9.17) is 5.41 Å². The Morgan fingerprint density at radius 2 is 1.71 bits per heavy atom. The lowest BCUT2D eigenvalue weighted by Gasteiger charge is -2.46. The first kappa shape index (κ1) is 20.0. The molecule has 28 heavy (non-hydrogen) atoms. The predicted octanol–water partition coefficient (Wildman–Crippen LogP) is 4.26. The van der Waals surface area contributed by atoms with Crippen LogP contribution >= 0.6 is 0 Å². The lowest BCUT2D eigenvalue weighted by Crippen LogP contribution is -2.62. The highest BCUT2D eigenvalue weighted by atomic mass is 19.1. The molecule has 4 nitrogen and oxygen atoms in total. The maximum absolute atomic E-state index is 14.7. The Balaban J connectivity index is 2.16. The van der Waals surface area contributed by atoms with Gasteiger partial charge in [-0.15, -0.1) is 0 Å². The Morgan fingerprint density at radius 3 is 2.25 bits per heavy atom. The SMILES string of the molecule is CN1C(=N)N[C@](C)(c2ccc(F)cc2F)[C@H](c2ccc(C(C)(C)C)cc2)C1=O. The molecule has 1 aliphatic rings. The van der Waals surface area contributed by atoms with Crippen LogP contribution in [0.4, 0.5) is 8.78 Å². The molecule has 2 N–H and O–H groups in total. The molecule has 1 saturated heterocycles. The van der Waals surface area contributed by atoms with Crippen molar-refractivity contribution in [1.29, 1.82) is 5.41 Å². The Labute approximate surface area is 164 Å². The van der Waals surface area contributed by atoms with Gasteiger partial charge < -0.3 is 5.32 Å². The minimum absolute atomic E-state index is 0.0430. The molecule has 2 aromatic carbocycles. The lowest BCUT2D eigenvalue weighted by atomic mass is 9.73. The van der Waals surface area contributed by atoms with Gasteiger partial charge in [-0.25, -0.2) is 8.78 Å². The Kier molecular flexibility index (Phi) is 4.77. The van der Waals surface area contributed by atoms with Crippen LogP contribution in [-0.2, 0) is 15.7 Å². The highest BCUT2D eigenvalue weighted by Crippen LogP contribution is 2.42. The van der Waals surface area contributed by atoms with Crippen molar-refractivity contribution in [3.05, 3.63) is 70.8 Å². The van der Waals surface area contributed by atoms with Crippen LogP contribution in [0.15, 0.2) is 42.5 Å². The molecule has 0 radical (unpaired) electrons. The maximum Gasteiger partial charge on any atom is 0.239 e. The van der Waals surface area contributed by atoms with Crippen LogP contribution in [0.1, 0.15) is 50.3 Å². The van der Waals surface area contributed by atoms with Crippen molar-refractivity contribution < 1.29 is 13.6 Å². The van der Waals surface area contributed by atoms with Crippen LogP contribution in [0.2, 0.25) is 0 Å². The summed E-state index contributed by atoms with van der Waals surface area (Å²) in [6.07, 6.45) is 0. The number of hydrogen-bond donors (Lipinski definition) is 2. The van der Waals surface area contributed by atoms with E-state index in [1.54, 1.807) is 6.92 Å². The number of carbonyl (C=O) groups is 1. The van der Waals surface area contributed by atoms with Gasteiger partial charge in [0.1, 0.15) is 11.6 Å². The van der Waals surface area contributed by atoms with Gasteiger partial charge in [0.25, 0.3) is 0 Å². The summed E-state index contributed by atoms with van der Waals surface area (Å²) in [6, 6.07) is 11.0. The van der Waals surface area contributed by atoms with E-state index in [9.17, 15) is 13.6 Å². The fourth-order valence-corrected chi connectivity index (χ4v) is 3.74. The summed E-state index contributed by atoms with van der Waals surface area (Å²) in [5, 5.41) is 11.1. The van der Waals surface area contributed by atoms with Gasteiger partial charge in [0.2, 0.25) is 5.91 Å². The van der Waals surface area contributed by atoms with Gasteiger partial charge in [0.15, 0.2) is 5.96 Å². The largest absolute Gasteiger partial charge is 0.346 e. The molecular formula is C22H25F2N3O. The first-order valence-electron chi connectivity index (χ1n) is 9.15. The summed E-state index contributed by atoms with van der Waals surface area (Å²) in [6.45, 7) is 7.97. The van der Waals surface area contributed by atoms with Gasteiger partial charge in [-0.3, -0.25) is 15.1 Å². The fourth-order valence-electron chi connectivity index (χ4n) is 3.74. The molecule has 0 aromatic heterocycles. The predicted molar refractivity (Wildman–Crippen MR) is 105 cm³/mol. The van der Waals surface area contributed by atoms with E-state index in [-0.39, 0.29) is 22.8 Å². The molecule has 0 aliphatic carbocycles. The first-order chi connectivity index (χ1) is 12.9. The number of hydrogen-bond acceptors (Lipinski definition) is 2. The average molecular weight is 385 g/mol. The zero-order valence-corrected chi connectivity index (χ0v) is 16.7. The van der Waals surface area contributed by atoms with Crippen molar-refractivity contribution in [3.63, 3.8) is 0 Å². The maximum atomic E-state index is 14.7. The molecule has 2 atom stereocenters. The minimum Gasteiger partial charge on any atom is -0.346 e. The van der Waals surface area contributed by atoms with Gasteiger partial charge in [-0.05, 0) is 29.5 Å². The number of nitrogens with one attached hydrogen (secondary N) is 2. The van der Waals surface area contributed by atoms with Gasteiger partial charge in [0.05, 0.1) is 11.5 Å². The molecule has 1 amide bonds. The summed E-state index contributed by atoms with van der Waals surface area (Å²) < 4.78 is 28.1. The molecule has 0 bridgehead atoms. The molecule has 1 fully saturated rings. The smallest absolute Gasteiger partial charge is 0.239 e. The Bertz CT molecular complexity index is 934. The van der Waals surface area contributed by atoms with Crippen LogP contribution in [-0.4, -0.2) is 23.8 Å². The van der Waals surface area contributed by atoms with Crippen molar-refractivity contribution >= 4 is 11.9 Å². The number of nitrogens with zero attached hydrogens (tertiary/aromatic N) is 1. The van der Waals surface area contributed by atoms with Crippen LogP contribution in [0, 0.1) is 17.0 Å². The van der Waals surface area contributed by atoms with Crippen molar-refractivity contribution in [3.8, 4) is 0 Å². The van der Waals surface area contributed by atoms with E-state index in [2.05, 4.69) is 26.1 Å². The third-order valence-corrected chi connectivity index (χ3v) is 5.47. The molecular weight excluding hydrogens is 360 g/mol. The zero-order valence-electron chi connectivity index (χ0n) is 16.7. The number of likely N-dealkylation sites (N-methyl/N-ethyl adjacent to an activating group) is 1. The van der Waals surface area contributed by atoms with Crippen LogP contribution in [0.3, 0.4) is 0 Å².